The van der Waals surface area contributed by atoms with Crippen molar-refractivity contribution in [2.75, 3.05) is 0 Å². The summed E-state index contributed by atoms with van der Waals surface area (Å²) in [6.07, 6.45) is 26.1. The molecule has 5 aromatic carbocycles. The normalized spacial score (nSPS) is 17.7. The molecule has 0 saturated carbocycles. The minimum atomic E-state index is 0.289. The zero-order valence-electron chi connectivity index (χ0n) is 33.5. The Bertz CT molecular complexity index is 2850. The molecule has 7 aromatic rings. The van der Waals surface area contributed by atoms with E-state index in [1.54, 1.807) is 0 Å². The van der Waals surface area contributed by atoms with Crippen LogP contribution >= 0.6 is 0 Å². The van der Waals surface area contributed by atoms with Crippen LogP contribution in [-0.4, -0.2) is 15.0 Å². The molecule has 0 radical (unpaired) electrons. The number of aryl methyl sites for hydroxylation is 1. The highest BCUT2D eigenvalue weighted by Gasteiger charge is 2.31. The number of aromatic nitrogens is 3. The lowest BCUT2D eigenvalue weighted by Crippen LogP contribution is -2.16. The van der Waals surface area contributed by atoms with Crippen LogP contribution in [0, 0.1) is 6.92 Å². The van der Waals surface area contributed by atoms with Crippen molar-refractivity contribution >= 4 is 11.6 Å². The van der Waals surface area contributed by atoms with Gasteiger partial charge in [-0.05, 0) is 111 Å². The standard InChI is InChI=1S/C56H45N3/c1-3-4-16-46-37(2)12-9-21-47(46)43-13-10-14-44(33-43)55-35-54(40-26-22-39(23-27-40)45-15-11-32-57-36-45)58-56(59-55)41-28-24-38(25-29-41)42-30-31-52-50-19-6-5-17-48(50)49-18-7-8-20-51(49)53(52)34-42/h4-22,24-36,39,49,51H,3,23H2,1-2H3/b16-4-. The topological polar surface area (TPSA) is 38.7 Å². The van der Waals surface area contributed by atoms with Gasteiger partial charge in [0.25, 0.3) is 0 Å². The first-order valence-electron chi connectivity index (χ1n) is 20.8. The maximum absolute atomic E-state index is 5.28. The molecular formula is C56H45N3. The molecule has 10 rings (SSSR count). The summed E-state index contributed by atoms with van der Waals surface area (Å²) in [6.45, 7) is 4.36. The highest BCUT2D eigenvalue weighted by Crippen LogP contribution is 2.50. The van der Waals surface area contributed by atoms with Crippen LogP contribution in [0.1, 0.15) is 71.0 Å². The fourth-order valence-electron chi connectivity index (χ4n) is 9.07. The van der Waals surface area contributed by atoms with Crippen LogP contribution < -0.4 is 0 Å². The Hall–Kier alpha value is -6.97. The van der Waals surface area contributed by atoms with E-state index in [1.807, 2.05) is 18.5 Å². The van der Waals surface area contributed by atoms with Crippen molar-refractivity contribution in [3.8, 4) is 56.0 Å². The van der Waals surface area contributed by atoms with E-state index in [9.17, 15) is 0 Å². The fraction of sp³-hybridized carbons (Fsp3) is 0.125. The number of fused-ring (bicyclic) bond motifs is 6. The quantitative estimate of drug-likeness (QED) is 0.155. The molecule has 0 spiro atoms. The summed E-state index contributed by atoms with van der Waals surface area (Å²) in [7, 11) is 0. The first kappa shape index (κ1) is 36.4. The zero-order valence-corrected chi connectivity index (χ0v) is 33.5. The highest BCUT2D eigenvalue weighted by atomic mass is 14.9. The van der Waals surface area contributed by atoms with E-state index in [-0.39, 0.29) is 5.92 Å². The van der Waals surface area contributed by atoms with Gasteiger partial charge >= 0.3 is 0 Å². The van der Waals surface area contributed by atoms with Crippen molar-refractivity contribution < 1.29 is 0 Å². The van der Waals surface area contributed by atoms with Crippen molar-refractivity contribution in [3.63, 3.8) is 0 Å². The third-order valence-corrected chi connectivity index (χ3v) is 12.2. The van der Waals surface area contributed by atoms with Crippen molar-refractivity contribution in [1.29, 1.82) is 0 Å². The molecule has 3 unspecified atom stereocenters. The van der Waals surface area contributed by atoms with Gasteiger partial charge in [0.1, 0.15) is 0 Å². The lowest BCUT2D eigenvalue weighted by molar-refractivity contribution is 0.720. The average molecular weight is 760 g/mol. The predicted molar refractivity (Wildman–Crippen MR) is 246 cm³/mol. The molecule has 3 atom stereocenters. The molecule has 0 fully saturated rings. The van der Waals surface area contributed by atoms with Crippen LogP contribution in [0.2, 0.25) is 0 Å². The molecule has 3 nitrogen and oxygen atoms in total. The zero-order chi connectivity index (χ0) is 39.7. The van der Waals surface area contributed by atoms with Gasteiger partial charge in [-0.3, -0.25) is 4.98 Å². The van der Waals surface area contributed by atoms with Gasteiger partial charge in [0.05, 0.1) is 11.4 Å². The third kappa shape index (κ3) is 7.04. The minimum absolute atomic E-state index is 0.289. The van der Waals surface area contributed by atoms with Crippen LogP contribution in [0.15, 0.2) is 188 Å². The molecular weight excluding hydrogens is 715 g/mol. The van der Waals surface area contributed by atoms with Crippen LogP contribution in [0.3, 0.4) is 0 Å². The largest absolute Gasteiger partial charge is 0.264 e. The summed E-state index contributed by atoms with van der Waals surface area (Å²) >= 11 is 0. The molecule has 0 saturated heterocycles. The van der Waals surface area contributed by atoms with Gasteiger partial charge in [0.2, 0.25) is 0 Å². The SMILES string of the molecule is CC/C=C\c1c(C)cccc1-c1cccc(-c2cc(C3=CCC(c4cccnc4)C=C3)nc(-c3ccc(-c4ccc5c(c4)C4C=CC=CC4c4ccccc4-5)cc3)n2)c1. The molecule has 0 aliphatic heterocycles. The molecule has 2 heterocycles. The number of nitrogens with zero attached hydrogens (tertiary/aromatic N) is 3. The molecule has 3 heteroatoms. The van der Waals surface area contributed by atoms with E-state index in [0.717, 1.165) is 40.9 Å². The van der Waals surface area contributed by atoms with Gasteiger partial charge in [-0.25, -0.2) is 9.97 Å². The van der Waals surface area contributed by atoms with E-state index in [1.165, 1.54) is 61.2 Å². The second kappa shape index (κ2) is 15.8. The molecule has 2 aromatic heterocycles. The third-order valence-electron chi connectivity index (χ3n) is 12.2. The lowest BCUT2D eigenvalue weighted by atomic mass is 9.69. The van der Waals surface area contributed by atoms with Crippen molar-refractivity contribution in [2.45, 2.75) is 44.4 Å². The van der Waals surface area contributed by atoms with Gasteiger partial charge in [-0.2, -0.15) is 0 Å². The van der Waals surface area contributed by atoms with E-state index >= 15 is 0 Å². The predicted octanol–water partition coefficient (Wildman–Crippen LogP) is 14.4. The molecule has 0 amide bonds. The lowest BCUT2D eigenvalue weighted by Gasteiger charge is -2.34. The fourth-order valence-corrected chi connectivity index (χ4v) is 9.07. The molecule has 59 heavy (non-hydrogen) atoms. The van der Waals surface area contributed by atoms with Crippen molar-refractivity contribution in [2.24, 2.45) is 0 Å². The highest BCUT2D eigenvalue weighted by molar-refractivity contribution is 5.83. The average Bonchev–Trinajstić information content (AvgIpc) is 3.31. The van der Waals surface area contributed by atoms with E-state index in [4.69, 9.17) is 9.97 Å². The summed E-state index contributed by atoms with van der Waals surface area (Å²) in [5, 5.41) is 0. The first-order chi connectivity index (χ1) is 29.1. The van der Waals surface area contributed by atoms with Crippen LogP contribution in [0.25, 0.3) is 67.7 Å². The number of hydrogen-bond acceptors (Lipinski definition) is 3. The van der Waals surface area contributed by atoms with Crippen molar-refractivity contribution in [3.05, 3.63) is 222 Å². The van der Waals surface area contributed by atoms with Crippen LogP contribution in [0.4, 0.5) is 0 Å². The van der Waals surface area contributed by atoms with E-state index in [0.29, 0.717) is 17.7 Å². The van der Waals surface area contributed by atoms with Crippen LogP contribution in [0.5, 0.6) is 0 Å². The summed E-state index contributed by atoms with van der Waals surface area (Å²) in [5.41, 5.74) is 19.0. The summed E-state index contributed by atoms with van der Waals surface area (Å²) in [6, 6.07) is 46.3. The number of allylic oxidation sites excluding steroid dienone is 9. The van der Waals surface area contributed by atoms with Gasteiger partial charge in [0.15, 0.2) is 5.82 Å². The Balaban J connectivity index is 1.03. The Morgan fingerprint density at radius 3 is 2.17 bits per heavy atom. The maximum Gasteiger partial charge on any atom is 0.160 e. The number of rotatable bonds is 8. The molecule has 0 bridgehead atoms. The number of pyridine rings is 1. The number of hydrogen-bond donors (Lipinski definition) is 0. The second-order valence-electron chi connectivity index (χ2n) is 15.8. The smallest absolute Gasteiger partial charge is 0.160 e. The molecule has 0 N–H and O–H groups in total. The molecule has 3 aliphatic carbocycles. The Kier molecular flexibility index (Phi) is 9.72. The Morgan fingerprint density at radius 1 is 0.610 bits per heavy atom. The van der Waals surface area contributed by atoms with Crippen LogP contribution in [-0.2, 0) is 0 Å². The number of benzene rings is 5. The van der Waals surface area contributed by atoms with E-state index in [2.05, 4.69) is 195 Å². The molecule has 284 valence electrons. The van der Waals surface area contributed by atoms with Gasteiger partial charge < -0.3 is 0 Å². The van der Waals surface area contributed by atoms with Gasteiger partial charge in [-0.15, -0.1) is 0 Å². The summed E-state index contributed by atoms with van der Waals surface area (Å²) < 4.78 is 0. The minimum Gasteiger partial charge on any atom is -0.264 e. The molecule has 3 aliphatic rings. The van der Waals surface area contributed by atoms with Gasteiger partial charge in [0, 0.05) is 41.3 Å². The van der Waals surface area contributed by atoms with Gasteiger partial charge in [-0.1, -0.05) is 165 Å². The summed E-state index contributed by atoms with van der Waals surface area (Å²) in [5.74, 6) is 1.68. The summed E-state index contributed by atoms with van der Waals surface area (Å²) in [4.78, 5) is 14.9. The van der Waals surface area contributed by atoms with E-state index < -0.39 is 0 Å². The van der Waals surface area contributed by atoms with Crippen molar-refractivity contribution in [1.82, 2.24) is 15.0 Å². The Morgan fingerprint density at radius 2 is 1.36 bits per heavy atom. The second-order valence-corrected chi connectivity index (χ2v) is 15.8. The monoisotopic (exact) mass is 759 g/mol. The first-order valence-corrected chi connectivity index (χ1v) is 20.8. The Labute approximate surface area is 347 Å². The maximum atomic E-state index is 5.28.